The molecule has 0 radical (unpaired) electrons. The summed E-state index contributed by atoms with van der Waals surface area (Å²) in [5.41, 5.74) is 1.55. The van der Waals surface area contributed by atoms with Crippen molar-refractivity contribution in [2.75, 3.05) is 0 Å². The fourth-order valence-corrected chi connectivity index (χ4v) is 4.53. The number of aromatic nitrogens is 5. The van der Waals surface area contributed by atoms with E-state index in [1.165, 1.54) is 40.9 Å². The number of carbonyl (C=O) groups excluding carboxylic acids is 1. The van der Waals surface area contributed by atoms with Gasteiger partial charge in [0.15, 0.2) is 16.0 Å². The molecule has 0 bridgehead atoms. The lowest BCUT2D eigenvalue weighted by Gasteiger charge is -2.05. The van der Waals surface area contributed by atoms with Crippen LogP contribution in [0.5, 0.6) is 0 Å². The molecule has 0 saturated heterocycles. The van der Waals surface area contributed by atoms with Gasteiger partial charge in [-0.2, -0.15) is 4.99 Å². The van der Waals surface area contributed by atoms with Crippen LogP contribution in [-0.4, -0.2) is 29.2 Å². The van der Waals surface area contributed by atoms with Crippen LogP contribution in [0.2, 0.25) is 0 Å². The molecule has 1 aromatic carbocycles. The van der Waals surface area contributed by atoms with Crippen LogP contribution in [0.15, 0.2) is 51.8 Å². The number of amides is 1. The highest BCUT2D eigenvalue weighted by atomic mass is 32.1. The Morgan fingerprint density at radius 3 is 2.77 bits per heavy atom. The maximum Gasteiger partial charge on any atom is 0.332 e. The molecule has 4 aromatic rings. The van der Waals surface area contributed by atoms with Crippen LogP contribution in [0, 0.1) is 6.92 Å². The molecule has 0 atom stereocenters. The molecule has 154 valence electrons. The van der Waals surface area contributed by atoms with Gasteiger partial charge in [0.25, 0.3) is 11.5 Å². The Bertz CT molecular complexity index is 1510. The Balaban J connectivity index is 1.80. The number of imidazole rings is 1. The molecule has 0 aliphatic rings. The van der Waals surface area contributed by atoms with Gasteiger partial charge in [0.05, 0.1) is 16.5 Å². The molecule has 0 fully saturated rings. The van der Waals surface area contributed by atoms with Gasteiger partial charge in [0.1, 0.15) is 6.54 Å². The first-order valence-electron chi connectivity index (χ1n) is 9.21. The standard InChI is InChI=1S/C20H20N6O3S/c1-5-8-26-13-7-6-12(2)9-14(13)30-19(26)22-15(27)10-25-11-21-17-16(25)18(28)24(4)20(29)23(17)3/h5-7,9,11H,1,8,10H2,2-4H3. The van der Waals surface area contributed by atoms with E-state index in [2.05, 4.69) is 22.6 Å². The van der Waals surface area contributed by atoms with Crippen molar-refractivity contribution in [3.8, 4) is 0 Å². The summed E-state index contributed by atoms with van der Waals surface area (Å²) in [5, 5.41) is 0. The maximum atomic E-state index is 12.7. The predicted octanol–water partition coefficient (Wildman–Crippen LogP) is 1.07. The van der Waals surface area contributed by atoms with Crippen molar-refractivity contribution >= 4 is 38.6 Å². The summed E-state index contributed by atoms with van der Waals surface area (Å²) in [6.07, 6.45) is 3.13. The molecule has 9 nitrogen and oxygen atoms in total. The molecule has 30 heavy (non-hydrogen) atoms. The average molecular weight is 424 g/mol. The summed E-state index contributed by atoms with van der Waals surface area (Å²) in [6, 6.07) is 6.07. The molecule has 0 N–H and O–H groups in total. The van der Waals surface area contributed by atoms with E-state index in [1.807, 2.05) is 23.6 Å². The molecule has 1 amide bonds. The van der Waals surface area contributed by atoms with Gasteiger partial charge in [-0.15, -0.1) is 6.58 Å². The zero-order valence-electron chi connectivity index (χ0n) is 16.8. The first-order valence-corrected chi connectivity index (χ1v) is 10.0. The van der Waals surface area contributed by atoms with Crippen LogP contribution in [0.25, 0.3) is 21.4 Å². The van der Waals surface area contributed by atoms with Crippen molar-refractivity contribution in [2.24, 2.45) is 19.1 Å². The van der Waals surface area contributed by atoms with Gasteiger partial charge in [0.2, 0.25) is 0 Å². The highest BCUT2D eigenvalue weighted by Crippen LogP contribution is 2.19. The number of carbonyl (C=O) groups is 1. The Kier molecular flexibility index (Phi) is 4.86. The summed E-state index contributed by atoms with van der Waals surface area (Å²) in [6.45, 7) is 6.16. The molecular formula is C20H20N6O3S. The van der Waals surface area contributed by atoms with E-state index < -0.39 is 17.2 Å². The quantitative estimate of drug-likeness (QED) is 0.458. The van der Waals surface area contributed by atoms with Crippen LogP contribution in [0.4, 0.5) is 0 Å². The first kappa shape index (κ1) is 19.8. The maximum absolute atomic E-state index is 12.7. The Labute approximate surface area is 174 Å². The molecule has 10 heteroatoms. The minimum absolute atomic E-state index is 0.161. The van der Waals surface area contributed by atoms with E-state index >= 15 is 0 Å². The zero-order chi connectivity index (χ0) is 21.6. The number of rotatable bonds is 4. The second kappa shape index (κ2) is 7.38. The molecule has 0 saturated carbocycles. The molecule has 3 aromatic heterocycles. The van der Waals surface area contributed by atoms with Crippen molar-refractivity contribution in [1.29, 1.82) is 0 Å². The number of hydrogen-bond donors (Lipinski definition) is 0. The van der Waals surface area contributed by atoms with E-state index in [0.717, 1.165) is 20.3 Å². The second-order valence-electron chi connectivity index (χ2n) is 7.01. The SMILES string of the molecule is C=CCn1c(=NC(=O)Cn2cnc3c2c(=O)n(C)c(=O)n3C)sc2cc(C)ccc21. The van der Waals surface area contributed by atoms with Gasteiger partial charge in [0, 0.05) is 20.6 Å². The minimum Gasteiger partial charge on any atom is -0.315 e. The molecule has 4 rings (SSSR count). The summed E-state index contributed by atoms with van der Waals surface area (Å²) in [4.78, 5) is 46.3. The lowest BCUT2D eigenvalue weighted by atomic mass is 10.2. The molecule has 3 heterocycles. The number of allylic oxidation sites excluding steroid dienone is 1. The number of aryl methyl sites for hydroxylation is 2. The smallest absolute Gasteiger partial charge is 0.315 e. The van der Waals surface area contributed by atoms with E-state index in [9.17, 15) is 14.4 Å². The number of hydrogen-bond acceptors (Lipinski definition) is 5. The van der Waals surface area contributed by atoms with Gasteiger partial charge in [-0.05, 0) is 24.6 Å². The number of thiazole rings is 1. The Hall–Kier alpha value is -3.53. The van der Waals surface area contributed by atoms with Crippen molar-refractivity contribution in [3.05, 3.63) is 68.4 Å². The zero-order valence-corrected chi connectivity index (χ0v) is 17.6. The van der Waals surface area contributed by atoms with Crippen LogP contribution in [0.3, 0.4) is 0 Å². The second-order valence-corrected chi connectivity index (χ2v) is 8.02. The van der Waals surface area contributed by atoms with Gasteiger partial charge < -0.3 is 9.13 Å². The Morgan fingerprint density at radius 1 is 1.27 bits per heavy atom. The summed E-state index contributed by atoms with van der Waals surface area (Å²) < 4.78 is 6.66. The normalized spacial score (nSPS) is 12.2. The third-order valence-electron chi connectivity index (χ3n) is 4.89. The molecular weight excluding hydrogens is 404 g/mol. The van der Waals surface area contributed by atoms with Crippen molar-refractivity contribution in [1.82, 2.24) is 23.3 Å². The topological polar surface area (TPSA) is 96.2 Å². The first-order chi connectivity index (χ1) is 14.3. The highest BCUT2D eigenvalue weighted by molar-refractivity contribution is 7.16. The molecule has 0 spiro atoms. The molecule has 0 aliphatic carbocycles. The van der Waals surface area contributed by atoms with E-state index in [1.54, 1.807) is 6.08 Å². The Morgan fingerprint density at radius 2 is 2.03 bits per heavy atom. The molecule has 0 unspecified atom stereocenters. The number of fused-ring (bicyclic) bond motifs is 2. The number of nitrogens with zero attached hydrogens (tertiary/aromatic N) is 6. The summed E-state index contributed by atoms with van der Waals surface area (Å²) >= 11 is 1.42. The van der Waals surface area contributed by atoms with Gasteiger partial charge in [-0.25, -0.2) is 9.78 Å². The average Bonchev–Trinajstić information content (AvgIpc) is 3.26. The summed E-state index contributed by atoms with van der Waals surface area (Å²) in [5.74, 6) is -0.425. The largest absolute Gasteiger partial charge is 0.332 e. The van der Waals surface area contributed by atoms with Crippen molar-refractivity contribution < 1.29 is 4.79 Å². The monoisotopic (exact) mass is 424 g/mol. The van der Waals surface area contributed by atoms with Crippen molar-refractivity contribution in [3.63, 3.8) is 0 Å². The minimum atomic E-state index is -0.502. The fourth-order valence-electron chi connectivity index (χ4n) is 3.38. The van der Waals surface area contributed by atoms with Gasteiger partial charge >= 0.3 is 5.69 Å². The van der Waals surface area contributed by atoms with Crippen LogP contribution >= 0.6 is 11.3 Å². The lowest BCUT2D eigenvalue weighted by Crippen LogP contribution is -2.37. The summed E-state index contributed by atoms with van der Waals surface area (Å²) in [7, 11) is 2.93. The third-order valence-corrected chi connectivity index (χ3v) is 5.93. The van der Waals surface area contributed by atoms with Crippen LogP contribution < -0.4 is 16.1 Å². The van der Waals surface area contributed by atoms with E-state index in [0.29, 0.717) is 11.3 Å². The van der Waals surface area contributed by atoms with E-state index in [-0.39, 0.29) is 17.7 Å². The van der Waals surface area contributed by atoms with E-state index in [4.69, 9.17) is 0 Å². The number of benzene rings is 1. The van der Waals surface area contributed by atoms with Gasteiger partial charge in [-0.3, -0.25) is 18.7 Å². The third kappa shape index (κ3) is 3.14. The van der Waals surface area contributed by atoms with Crippen LogP contribution in [0.1, 0.15) is 5.56 Å². The van der Waals surface area contributed by atoms with Crippen LogP contribution in [-0.2, 0) is 32.0 Å². The van der Waals surface area contributed by atoms with Gasteiger partial charge in [-0.1, -0.05) is 23.5 Å². The highest BCUT2D eigenvalue weighted by Gasteiger charge is 2.16. The predicted molar refractivity (Wildman–Crippen MR) is 116 cm³/mol. The molecule has 0 aliphatic heterocycles. The lowest BCUT2D eigenvalue weighted by molar-refractivity contribution is -0.118. The van der Waals surface area contributed by atoms with Crippen molar-refractivity contribution in [2.45, 2.75) is 20.0 Å². The fraction of sp³-hybridized carbons (Fsp3) is 0.250.